The summed E-state index contributed by atoms with van der Waals surface area (Å²) in [6, 6.07) is 5.53. The first-order valence-electron chi connectivity index (χ1n) is 5.69. The van der Waals surface area contributed by atoms with E-state index in [0.717, 1.165) is 15.7 Å². The number of halogens is 2. The van der Waals surface area contributed by atoms with Gasteiger partial charge in [0.05, 0.1) is 12.8 Å². The van der Waals surface area contributed by atoms with Gasteiger partial charge in [-0.3, -0.25) is 4.79 Å². The summed E-state index contributed by atoms with van der Waals surface area (Å²) in [7, 11) is 1.60. The SMILES string of the molecule is CCc1nc(-c2cc(OC)ccc2Br)[nH]c(=O)c1Br. The van der Waals surface area contributed by atoms with Crippen LogP contribution in [0.2, 0.25) is 0 Å². The predicted octanol–water partition coefficient (Wildman–Crippen LogP) is 3.53. The largest absolute Gasteiger partial charge is 0.497 e. The third kappa shape index (κ3) is 2.90. The molecule has 1 N–H and O–H groups in total. The van der Waals surface area contributed by atoms with Gasteiger partial charge in [-0.25, -0.2) is 4.98 Å². The highest BCUT2D eigenvalue weighted by molar-refractivity contribution is 9.10. The van der Waals surface area contributed by atoms with E-state index in [4.69, 9.17) is 4.74 Å². The van der Waals surface area contributed by atoms with Crippen molar-refractivity contribution in [3.8, 4) is 17.1 Å². The Labute approximate surface area is 127 Å². The molecule has 0 fully saturated rings. The molecule has 0 saturated carbocycles. The number of rotatable bonds is 3. The normalized spacial score (nSPS) is 10.5. The van der Waals surface area contributed by atoms with Crippen molar-refractivity contribution >= 4 is 31.9 Å². The average Bonchev–Trinajstić information content (AvgIpc) is 2.42. The number of hydrogen-bond donors (Lipinski definition) is 1. The van der Waals surface area contributed by atoms with Gasteiger partial charge in [0.1, 0.15) is 16.0 Å². The Kier molecular flexibility index (Phi) is 4.42. The van der Waals surface area contributed by atoms with Crippen LogP contribution in [0.15, 0.2) is 31.9 Å². The number of aryl methyl sites for hydroxylation is 1. The molecule has 4 nitrogen and oxygen atoms in total. The molecular weight excluding hydrogens is 376 g/mol. The minimum absolute atomic E-state index is 0.184. The van der Waals surface area contributed by atoms with Crippen molar-refractivity contribution in [2.45, 2.75) is 13.3 Å². The summed E-state index contributed by atoms with van der Waals surface area (Å²) in [4.78, 5) is 19.1. The number of aromatic nitrogens is 2. The molecule has 0 aliphatic rings. The summed E-state index contributed by atoms with van der Waals surface area (Å²) in [5.74, 6) is 1.23. The summed E-state index contributed by atoms with van der Waals surface area (Å²) >= 11 is 6.71. The van der Waals surface area contributed by atoms with Crippen LogP contribution in [-0.2, 0) is 6.42 Å². The van der Waals surface area contributed by atoms with Crippen LogP contribution < -0.4 is 10.3 Å². The molecule has 1 aromatic heterocycles. The van der Waals surface area contributed by atoms with Crippen LogP contribution in [0.5, 0.6) is 5.75 Å². The monoisotopic (exact) mass is 386 g/mol. The maximum absolute atomic E-state index is 11.9. The quantitative estimate of drug-likeness (QED) is 0.876. The second-order valence-corrected chi connectivity index (χ2v) is 5.52. The van der Waals surface area contributed by atoms with Gasteiger partial charge in [-0.1, -0.05) is 22.9 Å². The molecule has 0 radical (unpaired) electrons. The molecule has 2 rings (SSSR count). The number of aromatic amines is 1. The number of nitrogens with zero attached hydrogens (tertiary/aromatic N) is 1. The zero-order chi connectivity index (χ0) is 14.0. The van der Waals surface area contributed by atoms with Gasteiger partial charge >= 0.3 is 0 Å². The van der Waals surface area contributed by atoms with Crippen molar-refractivity contribution in [2.75, 3.05) is 7.11 Å². The highest BCUT2D eigenvalue weighted by Crippen LogP contribution is 2.29. The Bertz CT molecular complexity index is 668. The molecule has 1 aromatic carbocycles. The summed E-state index contributed by atoms with van der Waals surface area (Å²) < 4.78 is 6.52. The topological polar surface area (TPSA) is 55.0 Å². The first kappa shape index (κ1) is 14.3. The lowest BCUT2D eigenvalue weighted by molar-refractivity contribution is 0.415. The van der Waals surface area contributed by atoms with Crippen molar-refractivity contribution in [3.63, 3.8) is 0 Å². The lowest BCUT2D eigenvalue weighted by Crippen LogP contribution is -2.13. The number of H-pyrrole nitrogens is 1. The molecule has 100 valence electrons. The first-order valence-corrected chi connectivity index (χ1v) is 7.28. The molecule has 0 spiro atoms. The summed E-state index contributed by atoms with van der Waals surface area (Å²) in [5, 5.41) is 0. The van der Waals surface area contributed by atoms with E-state index >= 15 is 0 Å². The van der Waals surface area contributed by atoms with Crippen molar-refractivity contribution in [1.82, 2.24) is 9.97 Å². The van der Waals surface area contributed by atoms with Crippen LogP contribution in [0.4, 0.5) is 0 Å². The number of nitrogens with one attached hydrogen (secondary N) is 1. The Hall–Kier alpha value is -1.14. The summed E-state index contributed by atoms with van der Waals surface area (Å²) in [6.45, 7) is 1.96. The molecule has 1 heterocycles. The zero-order valence-electron chi connectivity index (χ0n) is 10.5. The fourth-order valence-electron chi connectivity index (χ4n) is 1.68. The molecule has 0 atom stereocenters. The molecule has 19 heavy (non-hydrogen) atoms. The number of benzene rings is 1. The molecule has 0 saturated heterocycles. The van der Waals surface area contributed by atoms with Crippen LogP contribution >= 0.6 is 31.9 Å². The molecule has 6 heteroatoms. The number of ether oxygens (including phenoxy) is 1. The third-order valence-corrected chi connectivity index (χ3v) is 4.20. The predicted molar refractivity (Wildman–Crippen MR) is 81.6 cm³/mol. The summed E-state index contributed by atoms with van der Waals surface area (Å²) in [6.07, 6.45) is 0.680. The van der Waals surface area contributed by atoms with Crippen LogP contribution in [0.3, 0.4) is 0 Å². The van der Waals surface area contributed by atoms with E-state index in [1.54, 1.807) is 7.11 Å². The van der Waals surface area contributed by atoms with Gasteiger partial charge in [-0.05, 0) is 40.5 Å². The Morgan fingerprint density at radius 1 is 1.37 bits per heavy atom. The Balaban J connectivity index is 2.65. The van der Waals surface area contributed by atoms with Crippen LogP contribution in [-0.4, -0.2) is 17.1 Å². The van der Waals surface area contributed by atoms with E-state index in [1.165, 1.54) is 0 Å². The summed E-state index contributed by atoms with van der Waals surface area (Å²) in [5.41, 5.74) is 1.34. The molecule has 0 amide bonds. The second kappa shape index (κ2) is 5.88. The lowest BCUT2D eigenvalue weighted by Gasteiger charge is -2.08. The third-order valence-electron chi connectivity index (χ3n) is 2.69. The molecule has 0 aliphatic heterocycles. The maximum Gasteiger partial charge on any atom is 0.265 e. The van der Waals surface area contributed by atoms with Gasteiger partial charge in [-0.15, -0.1) is 0 Å². The Morgan fingerprint density at radius 2 is 2.11 bits per heavy atom. The van der Waals surface area contributed by atoms with E-state index in [1.807, 2.05) is 25.1 Å². The maximum atomic E-state index is 11.9. The first-order chi connectivity index (χ1) is 9.06. The van der Waals surface area contributed by atoms with Crippen molar-refractivity contribution in [2.24, 2.45) is 0 Å². The smallest absolute Gasteiger partial charge is 0.265 e. The van der Waals surface area contributed by atoms with Crippen molar-refractivity contribution < 1.29 is 4.74 Å². The van der Waals surface area contributed by atoms with Crippen LogP contribution in [0.1, 0.15) is 12.6 Å². The van der Waals surface area contributed by atoms with Gasteiger partial charge in [0.25, 0.3) is 5.56 Å². The van der Waals surface area contributed by atoms with E-state index in [-0.39, 0.29) is 5.56 Å². The number of methoxy groups -OCH3 is 1. The van der Waals surface area contributed by atoms with E-state index in [9.17, 15) is 4.79 Å². The minimum atomic E-state index is -0.184. The molecule has 0 bridgehead atoms. The zero-order valence-corrected chi connectivity index (χ0v) is 13.6. The standard InChI is InChI=1S/C13H12Br2N2O2/c1-3-10-11(15)13(18)17-12(16-10)8-6-7(19-2)4-5-9(8)14/h4-6H,3H2,1-2H3,(H,16,17,18). The minimum Gasteiger partial charge on any atom is -0.497 e. The van der Waals surface area contributed by atoms with Gasteiger partial charge in [-0.2, -0.15) is 0 Å². The van der Waals surface area contributed by atoms with Gasteiger partial charge in [0.2, 0.25) is 0 Å². The fourth-order valence-corrected chi connectivity index (χ4v) is 2.58. The molecular formula is C13H12Br2N2O2. The second-order valence-electron chi connectivity index (χ2n) is 3.87. The van der Waals surface area contributed by atoms with Crippen molar-refractivity contribution in [3.05, 3.63) is 43.2 Å². The average molecular weight is 388 g/mol. The molecule has 0 aliphatic carbocycles. The van der Waals surface area contributed by atoms with Gasteiger partial charge in [0, 0.05) is 10.0 Å². The lowest BCUT2D eigenvalue weighted by atomic mass is 10.2. The number of hydrogen-bond acceptors (Lipinski definition) is 3. The molecule has 2 aromatic rings. The van der Waals surface area contributed by atoms with E-state index in [0.29, 0.717) is 22.5 Å². The van der Waals surface area contributed by atoms with E-state index < -0.39 is 0 Å². The Morgan fingerprint density at radius 3 is 2.74 bits per heavy atom. The molecule has 0 unspecified atom stereocenters. The van der Waals surface area contributed by atoms with Crippen molar-refractivity contribution in [1.29, 1.82) is 0 Å². The van der Waals surface area contributed by atoms with Crippen LogP contribution in [0, 0.1) is 0 Å². The van der Waals surface area contributed by atoms with Gasteiger partial charge < -0.3 is 9.72 Å². The fraction of sp³-hybridized carbons (Fsp3) is 0.231. The highest BCUT2D eigenvalue weighted by atomic mass is 79.9. The van der Waals surface area contributed by atoms with Gasteiger partial charge in [0.15, 0.2) is 0 Å². The van der Waals surface area contributed by atoms with Crippen LogP contribution in [0.25, 0.3) is 11.4 Å². The highest BCUT2D eigenvalue weighted by Gasteiger charge is 2.12. The van der Waals surface area contributed by atoms with E-state index in [2.05, 4.69) is 41.8 Å².